The number of halogens is 1. The van der Waals surface area contributed by atoms with Gasteiger partial charge in [-0.15, -0.1) is 0 Å². The Balaban J connectivity index is 1.51. The van der Waals surface area contributed by atoms with Crippen LogP contribution in [0.25, 0.3) is 0 Å². The number of hydrogen-bond acceptors (Lipinski definition) is 2. The molecule has 1 unspecified atom stereocenters. The van der Waals surface area contributed by atoms with E-state index in [1.54, 1.807) is 0 Å². The van der Waals surface area contributed by atoms with Gasteiger partial charge < -0.3 is 5.32 Å². The summed E-state index contributed by atoms with van der Waals surface area (Å²) in [4.78, 5) is 0. The molecule has 2 aromatic carbocycles. The zero-order valence-corrected chi connectivity index (χ0v) is 15.7. The van der Waals surface area contributed by atoms with Crippen LogP contribution in [0.15, 0.2) is 54.6 Å². The third kappa shape index (κ3) is 5.30. The van der Waals surface area contributed by atoms with Crippen LogP contribution in [-0.4, -0.2) is 28.8 Å². The lowest BCUT2D eigenvalue weighted by molar-refractivity contribution is 0.296. The maximum Gasteiger partial charge on any atom is 0.0319 e. The van der Waals surface area contributed by atoms with Crippen LogP contribution >= 0.6 is 22.9 Å². The summed E-state index contributed by atoms with van der Waals surface area (Å²) in [5, 5.41) is 3.50. The maximum atomic E-state index is 3.50. The van der Waals surface area contributed by atoms with Crippen LogP contribution in [-0.2, 0) is 12.8 Å². The van der Waals surface area contributed by atoms with Crippen molar-refractivity contribution in [3.63, 3.8) is 0 Å². The van der Waals surface area contributed by atoms with E-state index in [-0.39, 0.29) is 0 Å². The van der Waals surface area contributed by atoms with Crippen molar-refractivity contribution in [3.05, 3.63) is 71.3 Å². The van der Waals surface area contributed by atoms with E-state index in [2.05, 4.69) is 85.9 Å². The van der Waals surface area contributed by atoms with Gasteiger partial charge in [0.1, 0.15) is 0 Å². The highest BCUT2D eigenvalue weighted by atomic mass is 127. The largest absolute Gasteiger partial charge is 0.314 e. The van der Waals surface area contributed by atoms with Gasteiger partial charge in [-0.3, -0.25) is 0 Å². The Morgan fingerprint density at radius 2 is 1.78 bits per heavy atom. The van der Waals surface area contributed by atoms with Crippen LogP contribution in [0.4, 0.5) is 0 Å². The predicted octanol–water partition coefficient (Wildman–Crippen LogP) is 4.22. The molecule has 0 bridgehead atoms. The molecule has 1 atom stereocenters. The zero-order valence-electron chi connectivity index (χ0n) is 13.5. The summed E-state index contributed by atoms with van der Waals surface area (Å²) in [6, 6.07) is 20.5. The molecule has 1 aliphatic heterocycles. The molecule has 23 heavy (non-hydrogen) atoms. The van der Waals surface area contributed by atoms with Gasteiger partial charge in [0, 0.05) is 48.5 Å². The predicted molar refractivity (Wildman–Crippen MR) is 106 cm³/mol. The Morgan fingerprint density at radius 3 is 2.61 bits per heavy atom. The molecule has 1 fully saturated rings. The van der Waals surface area contributed by atoms with Crippen molar-refractivity contribution in [2.45, 2.75) is 31.7 Å². The molecular formula is C20H25IN2. The van der Waals surface area contributed by atoms with Crippen LogP contribution in [0.3, 0.4) is 0 Å². The number of benzene rings is 2. The van der Waals surface area contributed by atoms with E-state index in [0.717, 1.165) is 26.1 Å². The highest BCUT2D eigenvalue weighted by Crippen LogP contribution is 2.17. The van der Waals surface area contributed by atoms with Crippen molar-refractivity contribution in [3.8, 4) is 0 Å². The number of aryl methyl sites for hydroxylation is 1. The third-order valence-electron chi connectivity index (χ3n) is 4.52. The van der Waals surface area contributed by atoms with Gasteiger partial charge in [-0.05, 0) is 42.4 Å². The Morgan fingerprint density at radius 1 is 1.00 bits per heavy atom. The molecule has 0 saturated carbocycles. The Labute approximate surface area is 153 Å². The smallest absolute Gasteiger partial charge is 0.0319 e. The fourth-order valence-corrected chi connectivity index (χ4v) is 3.96. The molecule has 122 valence electrons. The summed E-state index contributed by atoms with van der Waals surface area (Å²) in [6.45, 7) is 3.43. The molecular weight excluding hydrogens is 395 g/mol. The fraction of sp³-hybridized carbons (Fsp3) is 0.400. The van der Waals surface area contributed by atoms with Gasteiger partial charge in [0.05, 0.1) is 0 Å². The SMILES string of the molecule is IN1CCNCC1CCCc1cccc(Cc2ccccc2)c1. The summed E-state index contributed by atoms with van der Waals surface area (Å²) in [6.07, 6.45) is 4.76. The first-order valence-corrected chi connectivity index (χ1v) is 9.52. The monoisotopic (exact) mass is 420 g/mol. The Bertz CT molecular complexity index is 600. The van der Waals surface area contributed by atoms with Crippen molar-refractivity contribution in [2.75, 3.05) is 19.6 Å². The molecule has 3 heteroatoms. The highest BCUT2D eigenvalue weighted by molar-refractivity contribution is 14.1. The molecule has 0 aliphatic carbocycles. The van der Waals surface area contributed by atoms with E-state index in [1.807, 2.05) is 0 Å². The van der Waals surface area contributed by atoms with Gasteiger partial charge >= 0.3 is 0 Å². The van der Waals surface area contributed by atoms with Gasteiger partial charge in [0.25, 0.3) is 0 Å². The first-order chi connectivity index (χ1) is 11.3. The van der Waals surface area contributed by atoms with Crippen molar-refractivity contribution in [1.82, 2.24) is 8.43 Å². The Hall–Kier alpha value is -0.910. The number of nitrogens with zero attached hydrogens (tertiary/aromatic N) is 1. The minimum absolute atomic E-state index is 0.692. The lowest BCUT2D eigenvalue weighted by Gasteiger charge is -2.31. The van der Waals surface area contributed by atoms with E-state index in [9.17, 15) is 0 Å². The molecule has 1 saturated heterocycles. The summed E-state index contributed by atoms with van der Waals surface area (Å²) in [7, 11) is 0. The summed E-state index contributed by atoms with van der Waals surface area (Å²) >= 11 is 2.48. The lowest BCUT2D eigenvalue weighted by atomic mass is 9.99. The summed E-state index contributed by atoms with van der Waals surface area (Å²) < 4.78 is 2.47. The first-order valence-electron chi connectivity index (χ1n) is 8.56. The average Bonchev–Trinajstić information content (AvgIpc) is 2.58. The molecule has 2 aromatic rings. The van der Waals surface area contributed by atoms with E-state index in [1.165, 1.54) is 36.0 Å². The van der Waals surface area contributed by atoms with Crippen LogP contribution < -0.4 is 5.32 Å². The van der Waals surface area contributed by atoms with Gasteiger partial charge in [-0.1, -0.05) is 54.6 Å². The number of rotatable bonds is 6. The average molecular weight is 420 g/mol. The quantitative estimate of drug-likeness (QED) is 0.556. The van der Waals surface area contributed by atoms with Crippen molar-refractivity contribution < 1.29 is 0 Å². The Kier molecular flexibility index (Phi) is 6.48. The molecule has 2 nitrogen and oxygen atoms in total. The van der Waals surface area contributed by atoms with Gasteiger partial charge in [0.2, 0.25) is 0 Å². The standard InChI is InChI=1S/C20H25IN2/c21-23-13-12-22-16-20(23)11-5-9-18-8-4-10-19(15-18)14-17-6-2-1-3-7-17/h1-4,6-8,10,15,20,22H,5,9,11-14,16H2. The van der Waals surface area contributed by atoms with Crippen molar-refractivity contribution in [2.24, 2.45) is 0 Å². The second kappa shape index (κ2) is 8.81. The molecule has 0 spiro atoms. The van der Waals surface area contributed by atoms with Gasteiger partial charge in [-0.25, -0.2) is 3.11 Å². The normalized spacial score (nSPS) is 18.9. The van der Waals surface area contributed by atoms with Crippen LogP contribution in [0.5, 0.6) is 0 Å². The second-order valence-electron chi connectivity index (χ2n) is 6.36. The van der Waals surface area contributed by atoms with E-state index in [0.29, 0.717) is 6.04 Å². The summed E-state index contributed by atoms with van der Waals surface area (Å²) in [5.74, 6) is 0. The van der Waals surface area contributed by atoms with Crippen LogP contribution in [0, 0.1) is 0 Å². The maximum absolute atomic E-state index is 3.50. The van der Waals surface area contributed by atoms with Crippen molar-refractivity contribution in [1.29, 1.82) is 0 Å². The number of nitrogens with one attached hydrogen (secondary N) is 1. The van der Waals surface area contributed by atoms with Crippen LogP contribution in [0.2, 0.25) is 0 Å². The number of piperazine rings is 1. The first kappa shape index (κ1) is 16.9. The molecule has 1 N–H and O–H groups in total. The summed E-state index contributed by atoms with van der Waals surface area (Å²) in [5.41, 5.74) is 4.28. The molecule has 0 radical (unpaired) electrons. The lowest BCUT2D eigenvalue weighted by Crippen LogP contribution is -2.46. The van der Waals surface area contributed by atoms with Crippen molar-refractivity contribution >= 4 is 22.9 Å². The zero-order chi connectivity index (χ0) is 15.9. The molecule has 3 rings (SSSR count). The second-order valence-corrected chi connectivity index (χ2v) is 7.60. The third-order valence-corrected chi connectivity index (χ3v) is 5.79. The molecule has 1 aliphatic rings. The highest BCUT2D eigenvalue weighted by Gasteiger charge is 2.19. The van der Waals surface area contributed by atoms with Crippen LogP contribution in [0.1, 0.15) is 29.5 Å². The molecule has 0 aromatic heterocycles. The van der Waals surface area contributed by atoms with E-state index < -0.39 is 0 Å². The molecule has 0 amide bonds. The van der Waals surface area contributed by atoms with Gasteiger partial charge in [0.15, 0.2) is 0 Å². The van der Waals surface area contributed by atoms with E-state index >= 15 is 0 Å². The fourth-order valence-electron chi connectivity index (χ4n) is 3.25. The van der Waals surface area contributed by atoms with E-state index in [4.69, 9.17) is 0 Å². The minimum atomic E-state index is 0.692. The molecule has 1 heterocycles. The minimum Gasteiger partial charge on any atom is -0.314 e. The topological polar surface area (TPSA) is 15.3 Å². The van der Waals surface area contributed by atoms with Gasteiger partial charge in [-0.2, -0.15) is 0 Å². The number of hydrogen-bond donors (Lipinski definition) is 1.